The van der Waals surface area contributed by atoms with E-state index in [0.717, 1.165) is 0 Å². The van der Waals surface area contributed by atoms with Gasteiger partial charge in [-0.15, -0.1) is 0 Å². The van der Waals surface area contributed by atoms with Gasteiger partial charge >= 0.3 is 5.97 Å². The van der Waals surface area contributed by atoms with E-state index in [4.69, 9.17) is 4.74 Å². The highest BCUT2D eigenvalue weighted by Crippen LogP contribution is 2.27. The lowest BCUT2D eigenvalue weighted by Gasteiger charge is -2.22. The van der Waals surface area contributed by atoms with Crippen molar-refractivity contribution in [3.8, 4) is 0 Å². The first kappa shape index (κ1) is 19.0. The van der Waals surface area contributed by atoms with Crippen molar-refractivity contribution in [2.45, 2.75) is 19.4 Å². The first-order valence-electron chi connectivity index (χ1n) is 8.34. The Hall–Kier alpha value is -2.74. The predicted octanol–water partition coefficient (Wildman–Crippen LogP) is 3.72. The van der Waals surface area contributed by atoms with Crippen LogP contribution in [0.3, 0.4) is 0 Å². The van der Waals surface area contributed by atoms with Crippen molar-refractivity contribution >= 4 is 44.9 Å². The Balaban J connectivity index is 1.85. The lowest BCUT2D eigenvalue weighted by molar-refractivity contribution is -0.135. The van der Waals surface area contributed by atoms with Crippen molar-refractivity contribution in [1.82, 2.24) is 0 Å². The molecule has 1 heterocycles. The monoisotopic (exact) mass is 433 g/mol. The fourth-order valence-electron chi connectivity index (χ4n) is 2.68. The lowest BCUT2D eigenvalue weighted by atomic mass is 10.1. The number of ether oxygens (including phenoxy) is 1. The second kappa shape index (κ2) is 8.30. The summed E-state index contributed by atoms with van der Waals surface area (Å²) < 4.78 is 19.6. The molecule has 0 radical (unpaired) electrons. The van der Waals surface area contributed by atoms with Gasteiger partial charge in [-0.2, -0.15) is 5.10 Å². The molecule has 1 atom stereocenters. The summed E-state index contributed by atoms with van der Waals surface area (Å²) in [5.74, 6) is -1.60. The number of carbonyl (C=O) groups is 2. The molecule has 0 fully saturated rings. The minimum absolute atomic E-state index is 0.0563. The van der Waals surface area contributed by atoms with E-state index in [-0.39, 0.29) is 24.4 Å². The number of hydrogen-bond acceptors (Lipinski definition) is 5. The van der Waals surface area contributed by atoms with Gasteiger partial charge in [0.2, 0.25) is 5.91 Å². The fraction of sp³-hybridized carbons (Fsp3) is 0.211. The Labute approximate surface area is 164 Å². The molecular formula is C19H17BrFN3O3. The number of hydrazone groups is 1. The number of carbonyl (C=O) groups excluding carboxylic acids is 2. The maximum absolute atomic E-state index is 14.1. The first-order chi connectivity index (χ1) is 13.0. The van der Waals surface area contributed by atoms with Crippen LogP contribution in [0.5, 0.6) is 0 Å². The van der Waals surface area contributed by atoms with E-state index in [1.54, 1.807) is 37.3 Å². The van der Waals surface area contributed by atoms with E-state index < -0.39 is 23.7 Å². The van der Waals surface area contributed by atoms with Gasteiger partial charge in [0, 0.05) is 10.9 Å². The van der Waals surface area contributed by atoms with Crippen LogP contribution in [-0.4, -0.2) is 30.2 Å². The Morgan fingerprint density at radius 1 is 1.30 bits per heavy atom. The zero-order valence-corrected chi connectivity index (χ0v) is 16.1. The molecule has 0 spiro atoms. The molecule has 1 amide bonds. The van der Waals surface area contributed by atoms with Crippen LogP contribution in [0.2, 0.25) is 0 Å². The highest BCUT2D eigenvalue weighted by molar-refractivity contribution is 9.10. The Morgan fingerprint density at radius 3 is 2.70 bits per heavy atom. The van der Waals surface area contributed by atoms with Crippen LogP contribution in [0.15, 0.2) is 58.1 Å². The summed E-state index contributed by atoms with van der Waals surface area (Å²) in [6.07, 6.45) is 0.0672. The molecule has 0 saturated heterocycles. The van der Waals surface area contributed by atoms with E-state index in [1.165, 1.54) is 17.1 Å². The number of hydrogen-bond donors (Lipinski definition) is 1. The first-order valence-corrected chi connectivity index (χ1v) is 9.13. The van der Waals surface area contributed by atoms with Gasteiger partial charge in [0.1, 0.15) is 17.6 Å². The van der Waals surface area contributed by atoms with Gasteiger partial charge in [0.15, 0.2) is 0 Å². The topological polar surface area (TPSA) is 71.0 Å². The number of halogens is 2. The number of amides is 1. The van der Waals surface area contributed by atoms with Gasteiger partial charge in [-0.3, -0.25) is 9.80 Å². The second-order valence-corrected chi connectivity index (χ2v) is 6.70. The summed E-state index contributed by atoms with van der Waals surface area (Å²) in [5.41, 5.74) is 0.853. The van der Waals surface area contributed by atoms with Crippen LogP contribution < -0.4 is 10.3 Å². The number of rotatable bonds is 5. The minimum atomic E-state index is -0.796. The molecule has 0 bridgehead atoms. The van der Waals surface area contributed by atoms with Crippen LogP contribution >= 0.6 is 15.9 Å². The average molecular weight is 434 g/mol. The molecule has 3 rings (SSSR count). The Bertz CT molecular complexity index is 889. The highest BCUT2D eigenvalue weighted by Gasteiger charge is 2.37. The molecule has 1 unspecified atom stereocenters. The third-order valence-corrected chi connectivity index (χ3v) is 4.43. The molecule has 2 aromatic carbocycles. The molecule has 27 heavy (non-hydrogen) atoms. The van der Waals surface area contributed by atoms with Crippen LogP contribution in [-0.2, 0) is 14.3 Å². The molecule has 1 aliphatic rings. The van der Waals surface area contributed by atoms with Crippen molar-refractivity contribution in [3.63, 3.8) is 0 Å². The number of para-hydroxylation sites is 1. The van der Waals surface area contributed by atoms with Crippen LogP contribution in [0, 0.1) is 5.82 Å². The molecule has 140 valence electrons. The molecule has 2 aromatic rings. The van der Waals surface area contributed by atoms with E-state index in [2.05, 4.69) is 26.3 Å². The number of nitrogens with zero attached hydrogens (tertiary/aromatic N) is 2. The summed E-state index contributed by atoms with van der Waals surface area (Å²) in [5, 5.41) is 8.30. The van der Waals surface area contributed by atoms with E-state index >= 15 is 0 Å². The van der Waals surface area contributed by atoms with Gasteiger partial charge in [0.25, 0.3) is 0 Å². The molecule has 0 aromatic heterocycles. The van der Waals surface area contributed by atoms with Gasteiger partial charge in [-0.05, 0) is 37.3 Å². The minimum Gasteiger partial charge on any atom is -0.461 e. The van der Waals surface area contributed by atoms with E-state index in [0.29, 0.717) is 10.2 Å². The molecular weight excluding hydrogens is 417 g/mol. The van der Waals surface area contributed by atoms with Gasteiger partial charge in [-0.1, -0.05) is 34.1 Å². The quantitative estimate of drug-likeness (QED) is 0.729. The van der Waals surface area contributed by atoms with Gasteiger partial charge < -0.3 is 10.1 Å². The summed E-state index contributed by atoms with van der Waals surface area (Å²) >= 11 is 3.18. The number of anilines is 2. The molecule has 8 heteroatoms. The molecule has 0 saturated carbocycles. The molecule has 1 aliphatic heterocycles. The van der Waals surface area contributed by atoms with E-state index in [1.807, 2.05) is 6.07 Å². The number of benzene rings is 2. The van der Waals surface area contributed by atoms with Crippen LogP contribution in [0.4, 0.5) is 15.8 Å². The van der Waals surface area contributed by atoms with Crippen molar-refractivity contribution in [3.05, 3.63) is 58.8 Å². The van der Waals surface area contributed by atoms with Crippen LogP contribution in [0.1, 0.15) is 13.3 Å². The lowest BCUT2D eigenvalue weighted by Crippen LogP contribution is -2.39. The molecule has 1 N–H and O–H groups in total. The van der Waals surface area contributed by atoms with Crippen LogP contribution in [0.25, 0.3) is 0 Å². The highest BCUT2D eigenvalue weighted by atomic mass is 79.9. The van der Waals surface area contributed by atoms with Crippen molar-refractivity contribution < 1.29 is 18.7 Å². The summed E-state index contributed by atoms with van der Waals surface area (Å²) in [7, 11) is 0. The summed E-state index contributed by atoms with van der Waals surface area (Å²) in [4.78, 5) is 24.9. The predicted molar refractivity (Wildman–Crippen MR) is 104 cm³/mol. The Kier molecular flexibility index (Phi) is 5.85. The summed E-state index contributed by atoms with van der Waals surface area (Å²) in [6.45, 7) is 1.91. The average Bonchev–Trinajstić information content (AvgIpc) is 3.11. The van der Waals surface area contributed by atoms with Crippen molar-refractivity contribution in [1.29, 1.82) is 0 Å². The van der Waals surface area contributed by atoms with Gasteiger partial charge in [-0.25, -0.2) is 9.18 Å². The third-order valence-electron chi connectivity index (χ3n) is 3.93. The maximum Gasteiger partial charge on any atom is 0.354 e. The number of esters is 1. The van der Waals surface area contributed by atoms with Crippen molar-refractivity contribution in [2.24, 2.45) is 5.10 Å². The SMILES string of the molecule is CCOC(=O)C1=NN(c2ccccc2)C(C(=O)Nc2ccc(Br)cc2F)C1. The zero-order chi connectivity index (χ0) is 19.4. The Morgan fingerprint density at radius 2 is 2.04 bits per heavy atom. The molecule has 0 aliphatic carbocycles. The maximum atomic E-state index is 14.1. The fourth-order valence-corrected chi connectivity index (χ4v) is 3.01. The second-order valence-electron chi connectivity index (χ2n) is 5.78. The zero-order valence-electron chi connectivity index (χ0n) is 14.5. The van der Waals surface area contributed by atoms with Crippen molar-refractivity contribution in [2.75, 3.05) is 16.9 Å². The smallest absolute Gasteiger partial charge is 0.354 e. The van der Waals surface area contributed by atoms with E-state index in [9.17, 15) is 14.0 Å². The molecule has 6 nitrogen and oxygen atoms in total. The third kappa shape index (κ3) is 4.33. The van der Waals surface area contributed by atoms with Gasteiger partial charge in [0.05, 0.1) is 18.0 Å². The largest absolute Gasteiger partial charge is 0.461 e. The number of nitrogens with one attached hydrogen (secondary N) is 1. The summed E-state index contributed by atoms with van der Waals surface area (Å²) in [6, 6.07) is 12.6. The normalized spacial score (nSPS) is 16.0. The standard InChI is InChI=1S/C19H17BrFN3O3/c1-2-27-19(26)16-11-17(24(23-16)13-6-4-3-5-7-13)18(25)22-15-9-8-12(20)10-14(15)21/h3-10,17H,2,11H2,1H3,(H,22,25).